The molecule has 1 aromatic heterocycles. The molecule has 2 atom stereocenters. The van der Waals surface area contributed by atoms with Gasteiger partial charge in [0.1, 0.15) is 11.9 Å². The average Bonchev–Trinajstić information content (AvgIpc) is 2.89. The van der Waals surface area contributed by atoms with Gasteiger partial charge in [0.2, 0.25) is 0 Å². The van der Waals surface area contributed by atoms with Crippen molar-refractivity contribution in [1.29, 1.82) is 0 Å². The van der Waals surface area contributed by atoms with E-state index in [0.717, 1.165) is 0 Å². The van der Waals surface area contributed by atoms with E-state index in [-0.39, 0.29) is 18.2 Å². The second-order valence-corrected chi connectivity index (χ2v) is 7.09. The molecule has 1 aromatic rings. The Morgan fingerprint density at radius 2 is 2.05 bits per heavy atom. The molecule has 2 saturated heterocycles. The Bertz CT molecular complexity index is 523. The van der Waals surface area contributed by atoms with Crippen molar-refractivity contribution < 1.29 is 23.9 Å². The number of hydrogen-bond donors (Lipinski definition) is 1. The summed E-state index contributed by atoms with van der Waals surface area (Å²) in [4.78, 5) is 14.2. The fraction of sp³-hybridized carbons (Fsp3) is 0.733. The summed E-state index contributed by atoms with van der Waals surface area (Å²) < 4.78 is 15.9. The number of amides is 1. The second-order valence-electron chi connectivity index (χ2n) is 7.09. The molecule has 3 rings (SSSR count). The van der Waals surface area contributed by atoms with Crippen LogP contribution in [0, 0.1) is 0 Å². The van der Waals surface area contributed by atoms with Gasteiger partial charge in [0.25, 0.3) is 0 Å². The molecule has 2 aliphatic rings. The Labute approximate surface area is 129 Å². The SMILES string of the molecule is CC(C)(C)OC(=O)N1C2COCC1CC(O)(c1cnoc1)C2. The summed E-state index contributed by atoms with van der Waals surface area (Å²) >= 11 is 0. The van der Waals surface area contributed by atoms with Gasteiger partial charge in [-0.05, 0) is 20.8 Å². The van der Waals surface area contributed by atoms with E-state index in [1.165, 1.54) is 12.5 Å². The largest absolute Gasteiger partial charge is 0.444 e. The molecule has 1 amide bonds. The molecule has 3 heterocycles. The number of carbonyl (C=O) groups is 1. The summed E-state index contributed by atoms with van der Waals surface area (Å²) in [6.07, 6.45) is 3.39. The molecular formula is C15H22N2O5. The van der Waals surface area contributed by atoms with Crippen LogP contribution in [0.4, 0.5) is 4.79 Å². The highest BCUT2D eigenvalue weighted by Crippen LogP contribution is 2.41. The van der Waals surface area contributed by atoms with Crippen LogP contribution in [0.2, 0.25) is 0 Å². The molecule has 122 valence electrons. The van der Waals surface area contributed by atoms with Gasteiger partial charge in [-0.3, -0.25) is 4.90 Å². The maximum absolute atomic E-state index is 12.5. The molecule has 0 saturated carbocycles. The monoisotopic (exact) mass is 310 g/mol. The third kappa shape index (κ3) is 2.83. The molecule has 7 heteroatoms. The van der Waals surface area contributed by atoms with Gasteiger partial charge in [0.15, 0.2) is 0 Å². The van der Waals surface area contributed by atoms with Crippen LogP contribution in [-0.2, 0) is 15.1 Å². The lowest BCUT2D eigenvalue weighted by atomic mass is 9.78. The zero-order valence-electron chi connectivity index (χ0n) is 13.1. The summed E-state index contributed by atoms with van der Waals surface area (Å²) in [7, 11) is 0. The van der Waals surface area contributed by atoms with E-state index in [1.807, 2.05) is 20.8 Å². The molecule has 22 heavy (non-hydrogen) atoms. The van der Waals surface area contributed by atoms with E-state index >= 15 is 0 Å². The Morgan fingerprint density at radius 1 is 1.41 bits per heavy atom. The van der Waals surface area contributed by atoms with E-state index in [4.69, 9.17) is 14.0 Å². The standard InChI is InChI=1S/C15H22N2O5/c1-14(2,3)22-13(18)17-11-4-15(19,10-6-16-21-7-10)5-12(17)9-20-8-11/h6-7,11-12,19H,4-5,8-9H2,1-3H3. The van der Waals surface area contributed by atoms with Crippen molar-refractivity contribution in [2.75, 3.05) is 13.2 Å². The van der Waals surface area contributed by atoms with E-state index in [9.17, 15) is 9.90 Å². The molecule has 1 N–H and O–H groups in total. The number of ether oxygens (including phenoxy) is 2. The normalized spacial score (nSPS) is 31.9. The van der Waals surface area contributed by atoms with Crippen LogP contribution < -0.4 is 0 Å². The number of aliphatic hydroxyl groups is 1. The molecule has 2 bridgehead atoms. The molecule has 0 radical (unpaired) electrons. The third-order valence-corrected chi connectivity index (χ3v) is 4.13. The highest BCUT2D eigenvalue weighted by molar-refractivity contribution is 5.69. The molecule has 0 spiro atoms. The molecule has 2 aliphatic heterocycles. The number of carbonyl (C=O) groups excluding carboxylic acids is 1. The highest BCUT2D eigenvalue weighted by atomic mass is 16.6. The van der Waals surface area contributed by atoms with Crippen LogP contribution in [0.25, 0.3) is 0 Å². The molecule has 7 nitrogen and oxygen atoms in total. The van der Waals surface area contributed by atoms with Crippen molar-refractivity contribution in [3.8, 4) is 0 Å². The lowest BCUT2D eigenvalue weighted by Gasteiger charge is -2.50. The first-order valence-electron chi connectivity index (χ1n) is 7.50. The van der Waals surface area contributed by atoms with E-state index in [2.05, 4.69) is 5.16 Å². The number of nitrogens with zero attached hydrogens (tertiary/aromatic N) is 2. The van der Waals surface area contributed by atoms with Gasteiger partial charge in [-0.15, -0.1) is 0 Å². The Kier molecular flexibility index (Phi) is 3.65. The number of aromatic nitrogens is 1. The van der Waals surface area contributed by atoms with Crippen LogP contribution >= 0.6 is 0 Å². The van der Waals surface area contributed by atoms with Crippen LogP contribution in [-0.4, -0.2) is 52.2 Å². The Morgan fingerprint density at radius 3 is 2.55 bits per heavy atom. The smallest absolute Gasteiger partial charge is 0.410 e. The predicted octanol–water partition coefficient (Wildman–Crippen LogP) is 1.66. The van der Waals surface area contributed by atoms with Crippen LogP contribution in [0.5, 0.6) is 0 Å². The van der Waals surface area contributed by atoms with Crippen molar-refractivity contribution in [2.24, 2.45) is 0 Å². The Hall–Kier alpha value is -1.60. The first-order chi connectivity index (χ1) is 10.3. The van der Waals surface area contributed by atoms with Crippen molar-refractivity contribution >= 4 is 6.09 Å². The first kappa shape index (κ1) is 15.3. The zero-order chi connectivity index (χ0) is 16.0. The molecule has 0 aliphatic carbocycles. The van der Waals surface area contributed by atoms with Gasteiger partial charge in [-0.2, -0.15) is 0 Å². The molecular weight excluding hydrogens is 288 g/mol. The fourth-order valence-corrected chi connectivity index (χ4v) is 3.26. The summed E-state index contributed by atoms with van der Waals surface area (Å²) in [5.41, 5.74) is -0.945. The predicted molar refractivity (Wildman–Crippen MR) is 76.1 cm³/mol. The van der Waals surface area contributed by atoms with Crippen LogP contribution in [0.15, 0.2) is 17.0 Å². The van der Waals surface area contributed by atoms with Gasteiger partial charge in [-0.1, -0.05) is 5.16 Å². The summed E-state index contributed by atoms with van der Waals surface area (Å²) in [5, 5.41) is 14.6. The quantitative estimate of drug-likeness (QED) is 0.849. The molecule has 2 fully saturated rings. The molecule has 2 unspecified atom stereocenters. The number of morpholine rings is 1. The van der Waals surface area contributed by atoms with Crippen molar-refractivity contribution in [2.45, 2.75) is 56.9 Å². The fourth-order valence-electron chi connectivity index (χ4n) is 3.26. The van der Waals surface area contributed by atoms with Crippen LogP contribution in [0.3, 0.4) is 0 Å². The average molecular weight is 310 g/mol. The van der Waals surface area contributed by atoms with E-state index < -0.39 is 11.2 Å². The van der Waals surface area contributed by atoms with Crippen molar-refractivity contribution in [1.82, 2.24) is 10.1 Å². The number of piperidine rings is 1. The van der Waals surface area contributed by atoms with Crippen molar-refractivity contribution in [3.63, 3.8) is 0 Å². The minimum absolute atomic E-state index is 0.220. The topological polar surface area (TPSA) is 85.0 Å². The number of rotatable bonds is 1. The van der Waals surface area contributed by atoms with Gasteiger partial charge < -0.3 is 19.1 Å². The number of fused-ring (bicyclic) bond motifs is 2. The maximum Gasteiger partial charge on any atom is 0.410 e. The second kappa shape index (κ2) is 5.24. The Balaban J connectivity index is 1.81. The van der Waals surface area contributed by atoms with Crippen molar-refractivity contribution in [3.05, 3.63) is 18.0 Å². The zero-order valence-corrected chi connectivity index (χ0v) is 13.1. The summed E-state index contributed by atoms with van der Waals surface area (Å²) in [6.45, 7) is 6.31. The third-order valence-electron chi connectivity index (χ3n) is 4.13. The minimum Gasteiger partial charge on any atom is -0.444 e. The molecule has 0 aromatic carbocycles. The van der Waals surface area contributed by atoms with E-state index in [1.54, 1.807) is 4.90 Å². The van der Waals surface area contributed by atoms with Crippen LogP contribution in [0.1, 0.15) is 39.2 Å². The van der Waals surface area contributed by atoms with E-state index in [0.29, 0.717) is 31.6 Å². The summed E-state index contributed by atoms with van der Waals surface area (Å²) in [6, 6.07) is -0.440. The highest BCUT2D eigenvalue weighted by Gasteiger charge is 2.50. The van der Waals surface area contributed by atoms with Gasteiger partial charge in [-0.25, -0.2) is 4.79 Å². The maximum atomic E-state index is 12.5. The summed E-state index contributed by atoms with van der Waals surface area (Å²) in [5.74, 6) is 0. The lowest BCUT2D eigenvalue weighted by Crippen LogP contribution is -2.63. The van der Waals surface area contributed by atoms with Gasteiger partial charge in [0.05, 0.1) is 37.1 Å². The minimum atomic E-state index is -1.04. The van der Waals surface area contributed by atoms with Gasteiger partial charge in [0, 0.05) is 18.4 Å². The lowest BCUT2D eigenvalue weighted by molar-refractivity contribution is -0.141. The number of hydrogen-bond acceptors (Lipinski definition) is 6. The van der Waals surface area contributed by atoms with Gasteiger partial charge >= 0.3 is 6.09 Å². The first-order valence-corrected chi connectivity index (χ1v) is 7.50.